The van der Waals surface area contributed by atoms with Gasteiger partial charge in [0.2, 0.25) is 0 Å². The normalized spacial score (nSPS) is 16.8. The number of phosphoric acid groups is 1. The van der Waals surface area contributed by atoms with E-state index in [0.717, 1.165) is 33.4 Å². The van der Waals surface area contributed by atoms with Gasteiger partial charge in [-0.05, 0) is 105 Å². The van der Waals surface area contributed by atoms with Gasteiger partial charge in [-0.25, -0.2) is 9.36 Å². The van der Waals surface area contributed by atoms with Crippen LogP contribution in [0.25, 0.3) is 11.1 Å². The first kappa shape index (κ1) is 49.2. The number of hydrogen-bond donors (Lipinski definition) is 5. The van der Waals surface area contributed by atoms with E-state index in [2.05, 4.69) is 17.1 Å². The van der Waals surface area contributed by atoms with E-state index >= 15 is 0 Å². The van der Waals surface area contributed by atoms with Gasteiger partial charge in [0.25, 0.3) is 0 Å². The quantitative estimate of drug-likeness (QED) is 0.0639. The van der Waals surface area contributed by atoms with Gasteiger partial charge in [0, 0.05) is 58.9 Å². The maximum Gasteiger partial charge on any atom is 0.527 e. The first-order chi connectivity index (χ1) is 28.7. The molecule has 19 heteroatoms. The molecule has 0 saturated carbocycles. The Balaban J connectivity index is 1.45. The highest BCUT2D eigenvalue weighted by Crippen LogP contribution is 2.46. The summed E-state index contributed by atoms with van der Waals surface area (Å²) in [6.45, 7) is 10.6. The van der Waals surface area contributed by atoms with E-state index in [-0.39, 0.29) is 95.5 Å². The zero-order chi connectivity index (χ0) is 45.0. The van der Waals surface area contributed by atoms with Crippen molar-refractivity contribution in [1.29, 1.82) is 0 Å². The molecule has 334 valence electrons. The highest BCUT2D eigenvalue weighted by molar-refractivity contribution is 7.47. The molecule has 3 aromatic rings. The molecule has 1 aliphatic rings. The number of halogens is 1. The van der Waals surface area contributed by atoms with Crippen molar-refractivity contribution in [2.24, 2.45) is 0 Å². The highest BCUT2D eigenvalue weighted by atomic mass is 35.5. The first-order valence-electron chi connectivity index (χ1n) is 20.0. The molecule has 2 unspecified atom stereocenters. The zero-order valence-corrected chi connectivity index (χ0v) is 37.0. The summed E-state index contributed by atoms with van der Waals surface area (Å²) in [6, 6.07) is 9.52. The number of rotatable bonds is 18. The second kappa shape index (κ2) is 22.6. The van der Waals surface area contributed by atoms with Crippen LogP contribution in [-0.4, -0.2) is 152 Å². The standard InChI is InChI=1S/C42H57ClN5O12P/c1-27-17-30(4)40(31(5)18-27)35-19-29(3)37(20-28(35)2)60-61(57,58)59-16-6-7-36(42(55)56)48-14-12-46(25-38(49)50)10-8-45(9-11-47(13-15-48)26-39(51)52)24-34-22-32(41(53)54)21-33(23-43)44-34/h17-22,36H,6-16,23-26H2,1-5H3,(H,49,50)(H,51,52)(H,53,54)(H,55,56)(H,57,58). The van der Waals surface area contributed by atoms with Crippen LogP contribution in [0.5, 0.6) is 5.75 Å². The van der Waals surface area contributed by atoms with Crippen molar-refractivity contribution < 1.29 is 58.1 Å². The summed E-state index contributed by atoms with van der Waals surface area (Å²) >= 11 is 5.98. The second-order valence-corrected chi connectivity index (χ2v) is 17.2. The highest BCUT2D eigenvalue weighted by Gasteiger charge is 2.30. The number of aromatic carboxylic acids is 1. The van der Waals surface area contributed by atoms with Gasteiger partial charge in [-0.2, -0.15) is 0 Å². The van der Waals surface area contributed by atoms with Crippen LogP contribution in [0, 0.1) is 34.6 Å². The smallest absolute Gasteiger partial charge is 0.480 e. The van der Waals surface area contributed by atoms with Crippen molar-refractivity contribution >= 4 is 43.3 Å². The van der Waals surface area contributed by atoms with Crippen LogP contribution < -0.4 is 4.52 Å². The van der Waals surface area contributed by atoms with Gasteiger partial charge in [0.15, 0.2) is 0 Å². The Hall–Kier alpha value is -4.45. The fourth-order valence-electron chi connectivity index (χ4n) is 7.70. The zero-order valence-electron chi connectivity index (χ0n) is 35.3. The third-order valence-electron chi connectivity index (χ3n) is 10.6. The van der Waals surface area contributed by atoms with E-state index in [1.807, 2.05) is 38.7 Å². The summed E-state index contributed by atoms with van der Waals surface area (Å²) in [5.41, 5.74) is 7.73. The molecule has 2 aromatic carbocycles. The number of carboxylic acid groups (broad SMARTS) is 4. The lowest BCUT2D eigenvalue weighted by atomic mass is 9.90. The molecule has 0 spiro atoms. The van der Waals surface area contributed by atoms with Gasteiger partial charge >= 0.3 is 31.7 Å². The first-order valence-corrected chi connectivity index (χ1v) is 22.0. The largest absolute Gasteiger partial charge is 0.527 e. The molecule has 1 saturated heterocycles. The minimum absolute atomic E-state index is 0.00421. The van der Waals surface area contributed by atoms with Gasteiger partial charge in [-0.3, -0.25) is 48.4 Å². The number of aliphatic carboxylic acids is 3. The molecule has 4 rings (SSSR count). The van der Waals surface area contributed by atoms with Crippen molar-refractivity contribution in [3.63, 3.8) is 0 Å². The van der Waals surface area contributed by atoms with E-state index in [9.17, 15) is 49.1 Å². The van der Waals surface area contributed by atoms with Crippen LogP contribution in [0.15, 0.2) is 36.4 Å². The molecule has 61 heavy (non-hydrogen) atoms. The van der Waals surface area contributed by atoms with E-state index in [0.29, 0.717) is 30.0 Å². The fraction of sp³-hybridized carbons (Fsp3) is 0.500. The molecule has 17 nitrogen and oxygen atoms in total. The minimum atomic E-state index is -4.63. The molecule has 0 aliphatic carbocycles. The van der Waals surface area contributed by atoms with Crippen molar-refractivity contribution in [2.45, 2.75) is 65.9 Å². The fourth-order valence-corrected chi connectivity index (χ4v) is 8.70. The van der Waals surface area contributed by atoms with Gasteiger partial charge in [-0.15, -0.1) is 11.6 Å². The maximum atomic E-state index is 13.1. The van der Waals surface area contributed by atoms with Crippen LogP contribution in [0.4, 0.5) is 0 Å². The Morgan fingerprint density at radius 1 is 0.738 bits per heavy atom. The Bertz CT molecular complexity index is 2050. The summed E-state index contributed by atoms with van der Waals surface area (Å²) in [6.07, 6.45) is 0.0508. The monoisotopic (exact) mass is 889 g/mol. The SMILES string of the molecule is Cc1cc(C)c(-c2cc(C)c(OP(=O)(O)OCCCC(C(=O)O)N3CCN(CC(=O)O)CCN(Cc4cc(C(=O)O)cc(CCl)n4)CCN(CC(=O)O)CC3)cc2C)c(C)c1. The molecule has 0 bridgehead atoms. The number of aryl methyl sites for hydroxylation is 5. The van der Waals surface area contributed by atoms with E-state index in [4.69, 9.17) is 20.6 Å². The number of carboxylic acids is 4. The Morgan fingerprint density at radius 3 is 1.80 bits per heavy atom. The summed E-state index contributed by atoms with van der Waals surface area (Å²) < 4.78 is 23.9. The third-order valence-corrected chi connectivity index (χ3v) is 11.8. The van der Waals surface area contributed by atoms with Crippen molar-refractivity contribution in [1.82, 2.24) is 24.6 Å². The van der Waals surface area contributed by atoms with E-state index in [1.54, 1.807) is 27.7 Å². The molecular formula is C42H57ClN5O12P. The summed E-state index contributed by atoms with van der Waals surface area (Å²) in [7, 11) is -4.63. The van der Waals surface area contributed by atoms with Crippen molar-refractivity contribution in [2.75, 3.05) is 72.1 Å². The lowest BCUT2D eigenvalue weighted by Gasteiger charge is -2.35. The Morgan fingerprint density at radius 2 is 1.28 bits per heavy atom. The number of pyridine rings is 1. The van der Waals surface area contributed by atoms with Crippen LogP contribution >= 0.6 is 19.4 Å². The Kier molecular flexibility index (Phi) is 18.2. The molecule has 2 atom stereocenters. The number of phosphoric ester groups is 1. The molecule has 2 heterocycles. The average molecular weight is 890 g/mol. The number of hydrogen-bond acceptors (Lipinski definition) is 12. The number of alkyl halides is 1. The summed E-state index contributed by atoms with van der Waals surface area (Å²) in [4.78, 5) is 70.4. The third kappa shape index (κ3) is 15.1. The molecular weight excluding hydrogens is 833 g/mol. The van der Waals surface area contributed by atoms with Crippen molar-refractivity contribution in [3.8, 4) is 16.9 Å². The summed E-state index contributed by atoms with van der Waals surface area (Å²) in [5, 5.41) is 39.4. The number of benzene rings is 2. The average Bonchev–Trinajstić information content (AvgIpc) is 3.15. The molecule has 0 amide bonds. The van der Waals surface area contributed by atoms with Gasteiger partial charge in [0.1, 0.15) is 11.8 Å². The molecule has 1 aromatic heterocycles. The predicted octanol–water partition coefficient (Wildman–Crippen LogP) is 5.05. The number of carbonyl (C=O) groups is 4. The number of nitrogens with zero attached hydrogens (tertiary/aromatic N) is 5. The van der Waals surface area contributed by atoms with Crippen LogP contribution in [0.3, 0.4) is 0 Å². The van der Waals surface area contributed by atoms with Crippen LogP contribution in [0.2, 0.25) is 0 Å². The Labute approximate surface area is 361 Å². The minimum Gasteiger partial charge on any atom is -0.480 e. The lowest BCUT2D eigenvalue weighted by molar-refractivity contribution is -0.145. The van der Waals surface area contributed by atoms with Gasteiger partial charge in [0.05, 0.1) is 42.5 Å². The maximum absolute atomic E-state index is 13.1. The molecule has 1 fully saturated rings. The van der Waals surface area contributed by atoms with Crippen LogP contribution in [0.1, 0.15) is 62.4 Å². The predicted molar refractivity (Wildman–Crippen MR) is 228 cm³/mol. The van der Waals surface area contributed by atoms with Crippen molar-refractivity contribution in [3.05, 3.63) is 81.2 Å². The lowest BCUT2D eigenvalue weighted by Crippen LogP contribution is -2.51. The molecule has 5 N–H and O–H groups in total. The second-order valence-electron chi connectivity index (χ2n) is 15.5. The van der Waals surface area contributed by atoms with Gasteiger partial charge < -0.3 is 24.9 Å². The van der Waals surface area contributed by atoms with E-state index in [1.165, 1.54) is 12.1 Å². The molecule has 1 aliphatic heterocycles. The summed E-state index contributed by atoms with van der Waals surface area (Å²) in [5.74, 6) is -4.31. The van der Waals surface area contributed by atoms with Gasteiger partial charge in [-0.1, -0.05) is 17.7 Å². The van der Waals surface area contributed by atoms with Crippen LogP contribution in [-0.2, 0) is 35.9 Å². The van der Waals surface area contributed by atoms with E-state index < -0.39 is 37.7 Å². The molecule has 0 radical (unpaired) electrons. The number of aromatic nitrogens is 1. The topological polar surface area (TPSA) is 231 Å².